The highest BCUT2D eigenvalue weighted by Gasteiger charge is 2.39. The molecule has 1 aliphatic rings. The number of thioether (sulfide) groups is 1. The maximum absolute atomic E-state index is 13.4. The van der Waals surface area contributed by atoms with Gasteiger partial charge in [-0.15, -0.1) is 5.10 Å². The fourth-order valence-corrected chi connectivity index (χ4v) is 5.88. The lowest BCUT2D eigenvalue weighted by molar-refractivity contribution is -0.138. The normalized spacial score (nSPS) is 17.0. The maximum Gasteiger partial charge on any atom is 0.280 e. The Bertz CT molecular complexity index is 1440. The van der Waals surface area contributed by atoms with Crippen LogP contribution in [0.2, 0.25) is 0 Å². The molecule has 0 aliphatic carbocycles. The number of rotatable bonds is 5. The van der Waals surface area contributed by atoms with Crippen LogP contribution in [-0.4, -0.2) is 31.8 Å². The summed E-state index contributed by atoms with van der Waals surface area (Å²) in [6, 6.07) is 22.7. The lowest BCUT2D eigenvalue weighted by atomic mass is 10.2. The minimum Gasteiger partial charge on any atom is -0.271 e. The van der Waals surface area contributed by atoms with E-state index in [9.17, 15) is 9.59 Å². The fourth-order valence-electron chi connectivity index (χ4n) is 3.60. The van der Waals surface area contributed by atoms with Gasteiger partial charge in [0.1, 0.15) is 17.4 Å². The Labute approximate surface area is 216 Å². The summed E-state index contributed by atoms with van der Waals surface area (Å²) in [6.45, 7) is -0.0685. The van der Waals surface area contributed by atoms with Crippen LogP contribution in [0, 0.1) is 0 Å². The highest BCUT2D eigenvalue weighted by molar-refractivity contribution is 9.10. The molecule has 0 bridgehead atoms. The number of aromatic nitrogens is 3. The number of amides is 2. The van der Waals surface area contributed by atoms with Crippen molar-refractivity contribution in [3.8, 4) is 0 Å². The van der Waals surface area contributed by atoms with Gasteiger partial charge in [0.25, 0.3) is 11.8 Å². The van der Waals surface area contributed by atoms with Crippen molar-refractivity contribution in [2.45, 2.75) is 11.9 Å². The Balaban J connectivity index is 1.45. The Morgan fingerprint density at radius 2 is 1.71 bits per heavy atom. The SMILES string of the molecule is O=C(Cn1nnc2ccccc21)NN1C(=O)/C(=C/c2ccccc2Br)SC1c1ccccc1Br. The largest absolute Gasteiger partial charge is 0.280 e. The van der Waals surface area contributed by atoms with E-state index in [1.54, 1.807) is 0 Å². The molecule has 7 nitrogen and oxygen atoms in total. The van der Waals surface area contributed by atoms with Crippen LogP contribution < -0.4 is 5.43 Å². The molecule has 4 aromatic rings. The van der Waals surface area contributed by atoms with Crippen LogP contribution in [-0.2, 0) is 16.1 Å². The number of benzene rings is 3. The number of nitrogens with zero attached hydrogens (tertiary/aromatic N) is 4. The summed E-state index contributed by atoms with van der Waals surface area (Å²) >= 11 is 8.50. The van der Waals surface area contributed by atoms with Gasteiger partial charge in [0, 0.05) is 14.5 Å². The number of carbonyl (C=O) groups is 2. The van der Waals surface area contributed by atoms with Crippen LogP contribution in [0.5, 0.6) is 0 Å². The Morgan fingerprint density at radius 1 is 1.00 bits per heavy atom. The molecular formula is C24H17Br2N5O2S. The first-order chi connectivity index (χ1) is 16.5. The monoisotopic (exact) mass is 597 g/mol. The lowest BCUT2D eigenvalue weighted by Gasteiger charge is -2.24. The predicted molar refractivity (Wildman–Crippen MR) is 139 cm³/mol. The fraction of sp³-hybridized carbons (Fsp3) is 0.0833. The number of halogens is 2. The second-order valence-electron chi connectivity index (χ2n) is 7.47. The van der Waals surface area contributed by atoms with Gasteiger partial charge in [-0.3, -0.25) is 15.0 Å². The number of fused-ring (bicyclic) bond motifs is 1. The van der Waals surface area contributed by atoms with Crippen LogP contribution in [0.1, 0.15) is 16.5 Å². The molecule has 0 saturated carbocycles. The average molecular weight is 599 g/mol. The van der Waals surface area contributed by atoms with E-state index < -0.39 is 5.37 Å². The van der Waals surface area contributed by atoms with E-state index in [1.807, 2.05) is 78.9 Å². The molecule has 0 spiro atoms. The zero-order chi connectivity index (χ0) is 23.7. The van der Waals surface area contributed by atoms with Gasteiger partial charge < -0.3 is 0 Å². The molecule has 2 amide bonds. The van der Waals surface area contributed by atoms with E-state index in [2.05, 4.69) is 47.6 Å². The van der Waals surface area contributed by atoms with Crippen molar-refractivity contribution in [2.75, 3.05) is 0 Å². The number of hydrazine groups is 1. The molecular weight excluding hydrogens is 582 g/mol. The van der Waals surface area contributed by atoms with Gasteiger partial charge in [0.05, 0.1) is 10.4 Å². The third-order valence-electron chi connectivity index (χ3n) is 5.22. The molecule has 170 valence electrons. The second kappa shape index (κ2) is 9.73. The molecule has 34 heavy (non-hydrogen) atoms. The number of nitrogens with one attached hydrogen (secondary N) is 1. The highest BCUT2D eigenvalue weighted by atomic mass is 79.9. The molecule has 10 heteroatoms. The van der Waals surface area contributed by atoms with E-state index in [4.69, 9.17) is 0 Å². The standard InChI is InChI=1S/C24H17Br2N5O2S/c25-17-9-3-1-7-15(17)13-21-23(33)31(24(34-21)16-8-2-4-10-18(16)26)28-22(32)14-30-20-12-6-5-11-19(20)27-29-30/h1-13,24H,14H2,(H,28,32)/b21-13-. The van der Waals surface area contributed by atoms with Crippen molar-refractivity contribution >= 4 is 72.5 Å². The second-order valence-corrected chi connectivity index (χ2v) is 10.3. The zero-order valence-electron chi connectivity index (χ0n) is 17.6. The predicted octanol–water partition coefficient (Wildman–Crippen LogP) is 5.30. The summed E-state index contributed by atoms with van der Waals surface area (Å²) in [7, 11) is 0. The van der Waals surface area contributed by atoms with E-state index in [0.29, 0.717) is 10.4 Å². The summed E-state index contributed by atoms with van der Waals surface area (Å²) in [5.74, 6) is -0.651. The van der Waals surface area contributed by atoms with Gasteiger partial charge in [-0.1, -0.05) is 97.4 Å². The summed E-state index contributed by atoms with van der Waals surface area (Å²) in [6.07, 6.45) is 1.83. The number of carbonyl (C=O) groups excluding carboxylic acids is 2. The summed E-state index contributed by atoms with van der Waals surface area (Å²) < 4.78 is 3.25. The molecule has 1 aromatic heterocycles. The smallest absolute Gasteiger partial charge is 0.271 e. The van der Waals surface area contributed by atoms with Crippen LogP contribution >= 0.6 is 43.6 Å². The van der Waals surface area contributed by atoms with Crippen molar-refractivity contribution in [1.29, 1.82) is 0 Å². The molecule has 0 radical (unpaired) electrons. The number of para-hydroxylation sites is 1. The van der Waals surface area contributed by atoms with Crippen LogP contribution in [0.3, 0.4) is 0 Å². The average Bonchev–Trinajstić information content (AvgIpc) is 3.37. The topological polar surface area (TPSA) is 80.1 Å². The van der Waals surface area contributed by atoms with Gasteiger partial charge in [0.2, 0.25) is 0 Å². The van der Waals surface area contributed by atoms with Crippen molar-refractivity contribution in [1.82, 2.24) is 25.4 Å². The quantitative estimate of drug-likeness (QED) is 0.315. The van der Waals surface area contributed by atoms with Gasteiger partial charge in [0.15, 0.2) is 0 Å². The Kier molecular flexibility index (Phi) is 6.53. The zero-order valence-corrected chi connectivity index (χ0v) is 21.5. The molecule has 1 fully saturated rings. The third-order valence-corrected chi connectivity index (χ3v) is 7.90. The summed E-state index contributed by atoms with van der Waals surface area (Å²) in [5.41, 5.74) is 6.01. The van der Waals surface area contributed by atoms with E-state index in [-0.39, 0.29) is 18.4 Å². The summed E-state index contributed by atoms with van der Waals surface area (Å²) in [5, 5.41) is 9.11. The molecule has 1 atom stereocenters. The first-order valence-electron chi connectivity index (χ1n) is 10.3. The minimum absolute atomic E-state index is 0.0685. The van der Waals surface area contributed by atoms with Gasteiger partial charge >= 0.3 is 0 Å². The Hall–Kier alpha value is -2.95. The molecule has 5 rings (SSSR count). The van der Waals surface area contributed by atoms with Gasteiger partial charge in [-0.05, 0) is 35.9 Å². The Morgan fingerprint density at radius 3 is 2.50 bits per heavy atom. The van der Waals surface area contributed by atoms with Crippen molar-refractivity contribution in [3.63, 3.8) is 0 Å². The molecule has 2 heterocycles. The number of hydrogen-bond acceptors (Lipinski definition) is 5. The van der Waals surface area contributed by atoms with Crippen molar-refractivity contribution in [3.05, 3.63) is 97.8 Å². The first-order valence-corrected chi connectivity index (χ1v) is 12.8. The molecule has 1 unspecified atom stereocenters. The van der Waals surface area contributed by atoms with E-state index in [0.717, 1.165) is 25.6 Å². The molecule has 1 aliphatic heterocycles. The van der Waals surface area contributed by atoms with Crippen molar-refractivity contribution < 1.29 is 9.59 Å². The number of hydrogen-bond donors (Lipinski definition) is 1. The third kappa shape index (κ3) is 4.53. The maximum atomic E-state index is 13.4. The summed E-state index contributed by atoms with van der Waals surface area (Å²) in [4.78, 5) is 26.9. The van der Waals surface area contributed by atoms with Crippen LogP contribution in [0.25, 0.3) is 17.1 Å². The molecule has 3 aromatic carbocycles. The lowest BCUT2D eigenvalue weighted by Crippen LogP contribution is -2.45. The van der Waals surface area contributed by atoms with Gasteiger partial charge in [-0.25, -0.2) is 9.69 Å². The van der Waals surface area contributed by atoms with Gasteiger partial charge in [-0.2, -0.15) is 0 Å². The highest BCUT2D eigenvalue weighted by Crippen LogP contribution is 2.47. The van der Waals surface area contributed by atoms with E-state index >= 15 is 0 Å². The van der Waals surface area contributed by atoms with Crippen LogP contribution in [0.15, 0.2) is 86.6 Å². The van der Waals surface area contributed by atoms with Crippen molar-refractivity contribution in [2.24, 2.45) is 0 Å². The molecule has 1 N–H and O–H groups in total. The van der Waals surface area contributed by atoms with E-state index in [1.165, 1.54) is 21.5 Å². The minimum atomic E-state index is -0.437. The van der Waals surface area contributed by atoms with Crippen LogP contribution in [0.4, 0.5) is 0 Å². The molecule has 1 saturated heterocycles. The first kappa shape index (κ1) is 22.8.